The van der Waals surface area contributed by atoms with Gasteiger partial charge in [-0.2, -0.15) is 0 Å². The molecular formula is C7H6N4O3. The molecule has 2 aromatic rings. The minimum absolute atomic E-state index is 0.0926. The van der Waals surface area contributed by atoms with Crippen LogP contribution in [0.4, 0.5) is 0 Å². The first-order valence-electron chi connectivity index (χ1n) is 3.93. The monoisotopic (exact) mass is 194 g/mol. The maximum Gasteiger partial charge on any atom is 0.358 e. The lowest BCUT2D eigenvalue weighted by molar-refractivity contribution is 0.0519. The predicted molar refractivity (Wildman–Crippen MR) is 43.4 cm³/mol. The Hall–Kier alpha value is -2.05. The van der Waals surface area contributed by atoms with Gasteiger partial charge in [-0.3, -0.25) is 0 Å². The van der Waals surface area contributed by atoms with Crippen LogP contribution in [0.15, 0.2) is 10.8 Å². The van der Waals surface area contributed by atoms with Crippen LogP contribution in [0.25, 0.3) is 11.3 Å². The zero-order chi connectivity index (χ0) is 9.97. The molecule has 0 fully saturated rings. The standard InChI is InChI=1S/C7H6N4O3/c1-2-13-7(12)4-3-8-5-6(9-4)11-14-10-5/h3H,2H2,1H3. The van der Waals surface area contributed by atoms with Crippen LogP contribution in [-0.2, 0) is 4.74 Å². The Morgan fingerprint density at radius 2 is 2.29 bits per heavy atom. The minimum Gasteiger partial charge on any atom is -0.461 e. The van der Waals surface area contributed by atoms with Crippen molar-refractivity contribution in [2.75, 3.05) is 6.61 Å². The Kier molecular flexibility index (Phi) is 2.05. The van der Waals surface area contributed by atoms with Gasteiger partial charge in [0.1, 0.15) is 0 Å². The number of rotatable bonds is 2. The summed E-state index contributed by atoms with van der Waals surface area (Å²) in [6, 6.07) is 0. The van der Waals surface area contributed by atoms with E-state index < -0.39 is 5.97 Å². The maximum absolute atomic E-state index is 11.2. The first kappa shape index (κ1) is 8.54. The van der Waals surface area contributed by atoms with Gasteiger partial charge in [-0.1, -0.05) is 0 Å². The molecule has 0 N–H and O–H groups in total. The average Bonchev–Trinajstić information content (AvgIpc) is 2.64. The summed E-state index contributed by atoms with van der Waals surface area (Å²) in [6.45, 7) is 2.00. The fraction of sp³-hybridized carbons (Fsp3) is 0.286. The summed E-state index contributed by atoms with van der Waals surface area (Å²) in [7, 11) is 0. The molecule has 2 aromatic heterocycles. The van der Waals surface area contributed by atoms with E-state index in [1.54, 1.807) is 6.92 Å². The third-order valence-corrected chi connectivity index (χ3v) is 1.47. The zero-order valence-corrected chi connectivity index (χ0v) is 7.30. The molecule has 0 aliphatic rings. The number of hydrogen-bond acceptors (Lipinski definition) is 7. The highest BCUT2D eigenvalue weighted by Crippen LogP contribution is 2.04. The molecule has 0 bridgehead atoms. The molecule has 0 aliphatic heterocycles. The third kappa shape index (κ3) is 1.39. The Balaban J connectivity index is 2.38. The maximum atomic E-state index is 11.2. The topological polar surface area (TPSA) is 91.0 Å². The van der Waals surface area contributed by atoms with Crippen molar-refractivity contribution in [3.05, 3.63) is 11.9 Å². The summed E-state index contributed by atoms with van der Waals surface area (Å²) in [5.41, 5.74) is 0.545. The normalized spacial score (nSPS) is 10.4. The highest BCUT2D eigenvalue weighted by atomic mass is 16.6. The Morgan fingerprint density at radius 3 is 3.07 bits per heavy atom. The SMILES string of the molecule is CCOC(=O)c1cnc2nonc2n1. The van der Waals surface area contributed by atoms with E-state index in [2.05, 4.69) is 24.9 Å². The second kappa shape index (κ2) is 3.36. The number of hydrogen-bond donors (Lipinski definition) is 0. The summed E-state index contributed by atoms with van der Waals surface area (Å²) < 4.78 is 9.12. The molecule has 2 rings (SSSR count). The molecule has 0 radical (unpaired) electrons. The van der Waals surface area contributed by atoms with E-state index in [4.69, 9.17) is 4.74 Å². The first-order valence-corrected chi connectivity index (χ1v) is 3.93. The van der Waals surface area contributed by atoms with Gasteiger partial charge in [0.25, 0.3) is 0 Å². The van der Waals surface area contributed by atoms with Crippen molar-refractivity contribution in [3.63, 3.8) is 0 Å². The van der Waals surface area contributed by atoms with Crippen molar-refractivity contribution in [3.8, 4) is 0 Å². The van der Waals surface area contributed by atoms with Crippen LogP contribution in [0.5, 0.6) is 0 Å². The molecule has 7 heteroatoms. The number of fused-ring (bicyclic) bond motifs is 1. The van der Waals surface area contributed by atoms with Crippen molar-refractivity contribution in [1.82, 2.24) is 20.3 Å². The van der Waals surface area contributed by atoms with Gasteiger partial charge in [-0.15, -0.1) is 0 Å². The van der Waals surface area contributed by atoms with Crippen molar-refractivity contribution in [2.45, 2.75) is 6.92 Å². The van der Waals surface area contributed by atoms with Crippen molar-refractivity contribution in [2.24, 2.45) is 0 Å². The van der Waals surface area contributed by atoms with Crippen LogP contribution < -0.4 is 0 Å². The summed E-state index contributed by atoms with van der Waals surface area (Å²) in [5.74, 6) is -0.537. The molecule has 72 valence electrons. The summed E-state index contributed by atoms with van der Waals surface area (Å²) in [5, 5.41) is 6.91. The lowest BCUT2D eigenvalue weighted by Crippen LogP contribution is -2.07. The number of ether oxygens (including phenoxy) is 1. The van der Waals surface area contributed by atoms with Crippen LogP contribution in [0, 0.1) is 0 Å². The quantitative estimate of drug-likeness (QED) is 0.630. The van der Waals surface area contributed by atoms with E-state index in [0.29, 0.717) is 0 Å². The molecule has 0 amide bonds. The predicted octanol–water partition coefficient (Wildman–Crippen LogP) is 0.190. The number of esters is 1. The lowest BCUT2D eigenvalue weighted by atomic mass is 10.4. The van der Waals surface area contributed by atoms with Gasteiger partial charge in [0.15, 0.2) is 5.69 Å². The van der Waals surface area contributed by atoms with Gasteiger partial charge in [0.2, 0.25) is 11.3 Å². The molecule has 0 unspecified atom stereocenters. The molecule has 0 saturated carbocycles. The van der Waals surface area contributed by atoms with Crippen LogP contribution in [-0.4, -0.2) is 32.9 Å². The molecule has 2 heterocycles. The molecule has 0 saturated heterocycles. The molecule has 7 nitrogen and oxygen atoms in total. The second-order valence-corrected chi connectivity index (χ2v) is 2.39. The van der Waals surface area contributed by atoms with Crippen LogP contribution in [0.2, 0.25) is 0 Å². The van der Waals surface area contributed by atoms with Gasteiger partial charge >= 0.3 is 5.97 Å². The van der Waals surface area contributed by atoms with Crippen LogP contribution in [0.1, 0.15) is 17.4 Å². The summed E-state index contributed by atoms with van der Waals surface area (Å²) in [6.07, 6.45) is 1.27. The van der Waals surface area contributed by atoms with Crippen molar-refractivity contribution in [1.29, 1.82) is 0 Å². The summed E-state index contributed by atoms with van der Waals surface area (Å²) in [4.78, 5) is 18.9. The summed E-state index contributed by atoms with van der Waals surface area (Å²) >= 11 is 0. The van der Waals surface area contributed by atoms with Gasteiger partial charge in [0.05, 0.1) is 12.8 Å². The van der Waals surface area contributed by atoms with Gasteiger partial charge in [-0.05, 0) is 17.2 Å². The molecule has 0 spiro atoms. The molecule has 0 atom stereocenters. The number of aromatic nitrogens is 4. The smallest absolute Gasteiger partial charge is 0.358 e. The fourth-order valence-corrected chi connectivity index (χ4v) is 0.900. The van der Waals surface area contributed by atoms with Gasteiger partial charge in [-0.25, -0.2) is 19.4 Å². The van der Waals surface area contributed by atoms with Gasteiger partial charge < -0.3 is 4.74 Å². The molecule has 0 aliphatic carbocycles. The lowest BCUT2D eigenvalue weighted by Gasteiger charge is -1.98. The first-order chi connectivity index (χ1) is 6.81. The van der Waals surface area contributed by atoms with E-state index in [1.807, 2.05) is 0 Å². The minimum atomic E-state index is -0.537. The third-order valence-electron chi connectivity index (χ3n) is 1.47. The number of carbonyl (C=O) groups is 1. The molecule has 14 heavy (non-hydrogen) atoms. The largest absolute Gasteiger partial charge is 0.461 e. The van der Waals surface area contributed by atoms with E-state index in [0.717, 1.165) is 0 Å². The highest BCUT2D eigenvalue weighted by Gasteiger charge is 2.11. The van der Waals surface area contributed by atoms with E-state index in [9.17, 15) is 4.79 Å². The second-order valence-electron chi connectivity index (χ2n) is 2.39. The van der Waals surface area contributed by atoms with Crippen molar-refractivity contribution < 1.29 is 14.2 Å². The van der Waals surface area contributed by atoms with E-state index in [-0.39, 0.29) is 23.6 Å². The Bertz CT molecular complexity index is 467. The Labute approximate surface area is 78.1 Å². The molecule has 0 aromatic carbocycles. The highest BCUT2D eigenvalue weighted by molar-refractivity contribution is 5.88. The molecular weight excluding hydrogens is 188 g/mol. The van der Waals surface area contributed by atoms with Crippen LogP contribution >= 0.6 is 0 Å². The van der Waals surface area contributed by atoms with Gasteiger partial charge in [0, 0.05) is 0 Å². The fourth-order valence-electron chi connectivity index (χ4n) is 0.900. The average molecular weight is 194 g/mol. The van der Waals surface area contributed by atoms with E-state index in [1.165, 1.54) is 6.20 Å². The van der Waals surface area contributed by atoms with E-state index >= 15 is 0 Å². The number of carbonyl (C=O) groups excluding carboxylic acids is 1. The Morgan fingerprint density at radius 1 is 1.50 bits per heavy atom. The van der Waals surface area contributed by atoms with Crippen molar-refractivity contribution >= 4 is 17.3 Å². The zero-order valence-electron chi connectivity index (χ0n) is 7.30. The van der Waals surface area contributed by atoms with Crippen LogP contribution in [0.3, 0.4) is 0 Å². The number of nitrogens with zero attached hydrogens (tertiary/aromatic N) is 4.